The van der Waals surface area contributed by atoms with E-state index >= 15 is 0 Å². The van der Waals surface area contributed by atoms with Gasteiger partial charge in [0.25, 0.3) is 0 Å². The summed E-state index contributed by atoms with van der Waals surface area (Å²) in [7, 11) is 0. The lowest BCUT2D eigenvalue weighted by Gasteiger charge is -2.19. The fraction of sp³-hybridized carbons (Fsp3) is 0.0417. The molecule has 2 nitrogen and oxygen atoms in total. The third-order valence-electron chi connectivity index (χ3n) is 10.8. The van der Waals surface area contributed by atoms with Crippen molar-refractivity contribution in [1.29, 1.82) is 0 Å². The van der Waals surface area contributed by atoms with E-state index in [0.29, 0.717) is 5.92 Å². The second kappa shape index (κ2) is 10.6. The highest BCUT2D eigenvalue weighted by Crippen LogP contribution is 2.46. The molecule has 2 heterocycles. The van der Waals surface area contributed by atoms with Crippen molar-refractivity contribution in [2.45, 2.75) is 12.3 Å². The van der Waals surface area contributed by atoms with Crippen molar-refractivity contribution in [3.63, 3.8) is 0 Å². The van der Waals surface area contributed by atoms with Crippen LogP contribution < -0.4 is 0 Å². The first kappa shape index (κ1) is 27.6. The highest BCUT2D eigenvalue weighted by atomic mass is 16.4. The van der Waals surface area contributed by atoms with Crippen LogP contribution in [-0.4, -0.2) is 0 Å². The zero-order valence-electron chi connectivity index (χ0n) is 27.2. The van der Waals surface area contributed by atoms with E-state index in [2.05, 4.69) is 164 Å². The highest BCUT2D eigenvalue weighted by Gasteiger charge is 2.22. The first-order valence-corrected chi connectivity index (χ1v) is 17.4. The van der Waals surface area contributed by atoms with Crippen LogP contribution >= 0.6 is 0 Å². The minimum absolute atomic E-state index is 0.356. The Labute approximate surface area is 288 Å². The van der Waals surface area contributed by atoms with Gasteiger partial charge in [-0.05, 0) is 96.9 Å². The molecule has 0 spiro atoms. The van der Waals surface area contributed by atoms with E-state index in [0.717, 1.165) is 61.4 Å². The van der Waals surface area contributed by atoms with Gasteiger partial charge >= 0.3 is 0 Å². The lowest BCUT2D eigenvalue weighted by Crippen LogP contribution is -1.99. The van der Waals surface area contributed by atoms with Gasteiger partial charge in [-0.15, -0.1) is 0 Å². The van der Waals surface area contributed by atoms with E-state index < -0.39 is 0 Å². The number of rotatable bonds is 3. The van der Waals surface area contributed by atoms with Gasteiger partial charge in [-0.1, -0.05) is 133 Å². The Bertz CT molecular complexity index is 3070. The summed E-state index contributed by atoms with van der Waals surface area (Å²) in [6.45, 7) is 0. The summed E-state index contributed by atoms with van der Waals surface area (Å²) < 4.78 is 13.6. The van der Waals surface area contributed by atoms with Gasteiger partial charge < -0.3 is 8.83 Å². The summed E-state index contributed by atoms with van der Waals surface area (Å²) in [6.07, 6.45) is 7.97. The Kier molecular flexibility index (Phi) is 5.82. The Balaban J connectivity index is 1.03. The minimum Gasteiger partial charge on any atom is -0.452 e. The number of hydrogen-bond acceptors (Lipinski definition) is 2. The maximum absolute atomic E-state index is 6.79. The summed E-state index contributed by atoms with van der Waals surface area (Å²) >= 11 is 0. The highest BCUT2D eigenvalue weighted by molar-refractivity contribution is 6.33. The van der Waals surface area contributed by atoms with E-state index in [9.17, 15) is 0 Å². The maximum Gasteiger partial charge on any atom is 0.179 e. The van der Waals surface area contributed by atoms with Crippen LogP contribution in [0, 0.1) is 0 Å². The monoisotopic (exact) mass is 638 g/mol. The molecule has 1 unspecified atom stereocenters. The zero-order valence-corrected chi connectivity index (χ0v) is 27.2. The van der Waals surface area contributed by atoms with Crippen molar-refractivity contribution in [2.75, 3.05) is 0 Å². The van der Waals surface area contributed by atoms with Gasteiger partial charge in [-0.25, -0.2) is 0 Å². The molecule has 0 saturated heterocycles. The molecule has 10 aromatic rings. The second-order valence-electron chi connectivity index (χ2n) is 13.6. The molecule has 1 aliphatic carbocycles. The normalized spacial score (nSPS) is 15.0. The summed E-state index contributed by atoms with van der Waals surface area (Å²) in [6, 6.07) is 52.3. The lowest BCUT2D eigenvalue weighted by atomic mass is 9.86. The molecule has 0 bridgehead atoms. The van der Waals surface area contributed by atoms with Crippen LogP contribution in [-0.2, 0) is 0 Å². The van der Waals surface area contributed by atoms with Gasteiger partial charge in [0.15, 0.2) is 11.2 Å². The molecule has 0 saturated carbocycles. The number of hydrogen-bond donors (Lipinski definition) is 0. The van der Waals surface area contributed by atoms with Crippen LogP contribution in [0.4, 0.5) is 0 Å². The van der Waals surface area contributed by atoms with Gasteiger partial charge in [0.1, 0.15) is 11.2 Å². The summed E-state index contributed by atoms with van der Waals surface area (Å²) in [4.78, 5) is 0. The quantitative estimate of drug-likeness (QED) is 0.192. The lowest BCUT2D eigenvalue weighted by molar-refractivity contribution is 0.633. The van der Waals surface area contributed by atoms with Crippen LogP contribution in [0.2, 0.25) is 0 Å². The summed E-state index contributed by atoms with van der Waals surface area (Å²) in [5.74, 6) is 0.356. The van der Waals surface area contributed by atoms with E-state index in [4.69, 9.17) is 8.83 Å². The SMILES string of the molecule is C1=CC(c2cccc3ccccc23)CC=C1c1ccc2c(c1)oc1c3oc4cc(-c5ccc6ccccc6c5)ccc4c3c3ccccc3c21. The molecular formula is C48H30O2. The molecule has 234 valence electrons. The van der Waals surface area contributed by atoms with Gasteiger partial charge in [0.2, 0.25) is 0 Å². The van der Waals surface area contributed by atoms with Gasteiger partial charge in [0, 0.05) is 27.5 Å². The van der Waals surface area contributed by atoms with Crippen molar-refractivity contribution in [2.24, 2.45) is 0 Å². The fourth-order valence-corrected chi connectivity index (χ4v) is 8.33. The van der Waals surface area contributed by atoms with Crippen molar-refractivity contribution >= 4 is 81.8 Å². The van der Waals surface area contributed by atoms with Crippen molar-refractivity contribution in [3.05, 3.63) is 175 Å². The van der Waals surface area contributed by atoms with Crippen LogP contribution in [0.15, 0.2) is 173 Å². The molecule has 2 aromatic heterocycles. The summed E-state index contributed by atoms with van der Waals surface area (Å²) in [5, 5.41) is 11.9. The standard InChI is InChI=1S/C48H30O2/c1-2-10-33-26-34(21-18-29(33)8-1)36-23-25-42-44(28-36)50-48-46(42)40-14-6-5-13-39(40)45-41-24-22-35(27-43(41)49-47(45)48)30-16-19-32(20-17-30)38-15-7-11-31-9-3-4-12-37(31)38/h1-19,21-28,32H,20H2. The number of fused-ring (bicyclic) bond motifs is 12. The van der Waals surface area contributed by atoms with Gasteiger partial charge in [-0.2, -0.15) is 0 Å². The van der Waals surface area contributed by atoms with E-state index in [1.54, 1.807) is 0 Å². The average molecular weight is 639 g/mol. The Morgan fingerprint density at radius 3 is 1.74 bits per heavy atom. The van der Waals surface area contributed by atoms with Crippen LogP contribution in [0.25, 0.3) is 92.9 Å². The van der Waals surface area contributed by atoms with Crippen LogP contribution in [0.3, 0.4) is 0 Å². The largest absolute Gasteiger partial charge is 0.452 e. The van der Waals surface area contributed by atoms with Crippen molar-refractivity contribution in [3.8, 4) is 11.1 Å². The molecule has 0 amide bonds. The number of benzene rings is 8. The molecule has 11 rings (SSSR count). The van der Waals surface area contributed by atoms with Crippen LogP contribution in [0.1, 0.15) is 23.5 Å². The zero-order chi connectivity index (χ0) is 32.8. The molecule has 0 fully saturated rings. The molecule has 8 aromatic carbocycles. The molecule has 2 heteroatoms. The van der Waals surface area contributed by atoms with Crippen molar-refractivity contribution < 1.29 is 8.83 Å². The van der Waals surface area contributed by atoms with E-state index in [1.807, 2.05) is 0 Å². The summed E-state index contributed by atoms with van der Waals surface area (Å²) in [5.41, 5.74) is 9.42. The first-order valence-electron chi connectivity index (χ1n) is 17.4. The van der Waals surface area contributed by atoms with E-state index in [1.165, 1.54) is 49.0 Å². The van der Waals surface area contributed by atoms with Gasteiger partial charge in [0.05, 0.1) is 0 Å². The second-order valence-corrected chi connectivity index (χ2v) is 13.6. The topological polar surface area (TPSA) is 26.3 Å². The predicted octanol–water partition coefficient (Wildman–Crippen LogP) is 13.7. The average Bonchev–Trinajstić information content (AvgIpc) is 3.76. The third-order valence-corrected chi connectivity index (χ3v) is 10.8. The molecule has 1 atom stereocenters. The van der Waals surface area contributed by atoms with Crippen LogP contribution in [0.5, 0.6) is 0 Å². The smallest absolute Gasteiger partial charge is 0.179 e. The number of allylic oxidation sites excluding steroid dienone is 4. The molecule has 50 heavy (non-hydrogen) atoms. The first-order chi connectivity index (χ1) is 24.8. The molecule has 0 N–H and O–H groups in total. The van der Waals surface area contributed by atoms with Crippen molar-refractivity contribution in [1.82, 2.24) is 0 Å². The Morgan fingerprint density at radius 1 is 0.440 bits per heavy atom. The molecule has 0 aliphatic heterocycles. The molecule has 1 aliphatic rings. The minimum atomic E-state index is 0.356. The fourth-order valence-electron chi connectivity index (χ4n) is 8.33. The third kappa shape index (κ3) is 4.09. The van der Waals surface area contributed by atoms with E-state index in [-0.39, 0.29) is 0 Å². The van der Waals surface area contributed by atoms with Gasteiger partial charge in [-0.3, -0.25) is 0 Å². The predicted molar refractivity (Wildman–Crippen MR) is 210 cm³/mol. The number of furan rings is 2. The Hall–Kier alpha value is -6.38. The maximum atomic E-state index is 6.79. The Morgan fingerprint density at radius 2 is 1.02 bits per heavy atom. The molecule has 0 radical (unpaired) electrons. The molecular weight excluding hydrogens is 609 g/mol.